The minimum atomic E-state index is -0.252. The second-order valence-corrected chi connectivity index (χ2v) is 2.59. The lowest BCUT2D eigenvalue weighted by molar-refractivity contribution is 0.0526. The Bertz CT molecular complexity index is 285. The zero-order valence-electron chi connectivity index (χ0n) is 17.3. The lowest BCUT2D eigenvalue weighted by Gasteiger charge is -2.00. The topological polar surface area (TPSA) is 26.3 Å². The predicted octanol–water partition coefficient (Wildman–Crippen LogP) is 3.65. The molecule has 0 bridgehead atoms. The molecule has 0 heterocycles. The maximum absolute atomic E-state index is 11.1. The van der Waals surface area contributed by atoms with E-state index in [4.69, 9.17) is 19.6 Å². The maximum atomic E-state index is 11.1. The third kappa shape index (κ3) is 2.09. The number of carbonyl (C=O) groups excluding carboxylic acids is 1. The van der Waals surface area contributed by atoms with Crippen molar-refractivity contribution in [3.63, 3.8) is 0 Å². The molecule has 1 rings (SSSR count). The van der Waals surface area contributed by atoms with Gasteiger partial charge < -0.3 is 4.74 Å². The maximum Gasteiger partial charge on any atom is 0.338 e. The number of aryl methyl sites for hydroxylation is 1. The summed E-state index contributed by atoms with van der Waals surface area (Å²) >= 11 is 0. The van der Waals surface area contributed by atoms with Crippen molar-refractivity contribution in [2.45, 2.75) is 13.8 Å². The smallest absolute Gasteiger partial charge is 0.338 e. The SMILES string of the molecule is CCOC(=O)c1ccc(C)cc1.[2HH].[2H][2H].[2H][2H].[2H][2H].[2H][2H].[2H][2H]. The molecule has 0 radical (unpaired) electrons. The minimum absolute atomic E-state index is 0. The summed E-state index contributed by atoms with van der Waals surface area (Å²) in [7, 11) is 0. The van der Waals surface area contributed by atoms with Crippen molar-refractivity contribution in [3.8, 4) is 0 Å². The van der Waals surface area contributed by atoms with Crippen LogP contribution in [0.2, 0.25) is 0 Å². The lowest BCUT2D eigenvalue weighted by Crippen LogP contribution is -2.03. The molecular formula is C10H24O2. The first-order chi connectivity index (χ1) is 10.7. The second-order valence-electron chi connectivity index (χ2n) is 2.59. The van der Waals surface area contributed by atoms with Crippen LogP contribution in [0.3, 0.4) is 0 Å². The van der Waals surface area contributed by atoms with Crippen molar-refractivity contribution in [1.29, 1.82) is 0 Å². The van der Waals surface area contributed by atoms with E-state index in [9.17, 15) is 4.79 Å². The summed E-state index contributed by atoms with van der Waals surface area (Å²) < 4.78 is 54.8. The Hall–Kier alpha value is -1.31. The molecule has 0 saturated carbocycles. The van der Waals surface area contributed by atoms with Crippen molar-refractivity contribution < 1.29 is 25.8 Å². The summed E-state index contributed by atoms with van der Waals surface area (Å²) in [5, 5.41) is 0. The monoisotopic (exact) mass is 187 g/mol. The van der Waals surface area contributed by atoms with E-state index in [0.29, 0.717) is 12.2 Å². The molecule has 2 heteroatoms. The average molecular weight is 187 g/mol. The first-order valence-electron chi connectivity index (χ1n) is 8.98. The summed E-state index contributed by atoms with van der Waals surface area (Å²) in [6.07, 6.45) is 0. The zero-order valence-corrected chi connectivity index (χ0v) is 7.33. The van der Waals surface area contributed by atoms with Crippen LogP contribution >= 0.6 is 0 Å². The number of hydrogen-bond acceptors (Lipinski definition) is 2. The van der Waals surface area contributed by atoms with Gasteiger partial charge in [0, 0.05) is 16.3 Å². The molecule has 0 amide bonds. The van der Waals surface area contributed by atoms with Gasteiger partial charge in [-0.2, -0.15) is 0 Å². The van der Waals surface area contributed by atoms with Crippen LogP contribution in [-0.2, 0) is 4.74 Å². The van der Waals surface area contributed by atoms with Crippen LogP contribution in [0.5, 0.6) is 0 Å². The van der Waals surface area contributed by atoms with Gasteiger partial charge in [-0.3, -0.25) is 0 Å². The summed E-state index contributed by atoms with van der Waals surface area (Å²) in [5.74, 6) is -0.252. The Morgan fingerprint density at radius 3 is 2.58 bits per heavy atom. The predicted molar refractivity (Wildman–Crippen MR) is 59.8 cm³/mol. The van der Waals surface area contributed by atoms with Gasteiger partial charge >= 0.3 is 5.97 Å². The molecule has 0 aliphatic carbocycles. The largest absolute Gasteiger partial charge is 0.462 e. The molecular weight excluding hydrogens is 152 g/mol. The third-order valence-electron chi connectivity index (χ3n) is 1.56. The van der Waals surface area contributed by atoms with Gasteiger partial charge in [-0.05, 0) is 26.0 Å². The highest BCUT2D eigenvalue weighted by molar-refractivity contribution is 5.89. The van der Waals surface area contributed by atoms with Gasteiger partial charge in [-0.1, -0.05) is 17.7 Å². The Morgan fingerprint density at radius 2 is 2.08 bits per heavy atom. The fraction of sp³-hybridized carbons (Fsp3) is 0.300. The van der Waals surface area contributed by atoms with Crippen LogP contribution in [0.1, 0.15) is 39.1 Å². The van der Waals surface area contributed by atoms with Gasteiger partial charge in [0.15, 0.2) is 0 Å². The average Bonchev–Trinajstić information content (AvgIpc) is 2.64. The molecule has 0 N–H and O–H groups in total. The highest BCUT2D eigenvalue weighted by atomic mass is 16.5. The third-order valence-corrected chi connectivity index (χ3v) is 1.56. The molecule has 0 saturated heterocycles. The number of rotatable bonds is 2. The van der Waals surface area contributed by atoms with Crippen LogP contribution in [0.25, 0.3) is 0 Å². The summed E-state index contributed by atoms with van der Waals surface area (Å²) in [5.41, 5.74) is 1.76. The van der Waals surface area contributed by atoms with E-state index in [2.05, 4.69) is 0 Å². The molecule has 0 aliphatic heterocycles. The first-order valence-corrected chi connectivity index (χ1v) is 3.98. The Kier molecular flexibility index (Phi) is 1.33. The number of esters is 1. The van der Waals surface area contributed by atoms with Gasteiger partial charge in [-0.15, -0.1) is 0 Å². The molecule has 0 fully saturated rings. The highest BCUT2D eigenvalue weighted by Gasteiger charge is 2.03. The van der Waals surface area contributed by atoms with Crippen molar-refractivity contribution in [2.24, 2.45) is 0 Å². The number of benzene rings is 1. The lowest BCUT2D eigenvalue weighted by atomic mass is 10.1. The van der Waals surface area contributed by atoms with Crippen molar-refractivity contribution >= 4 is 5.97 Å². The van der Waals surface area contributed by atoms with E-state index in [1.807, 2.05) is 19.1 Å². The Labute approximate surface area is 89.1 Å². The molecule has 0 atom stereocenters. The van der Waals surface area contributed by atoms with Gasteiger partial charge in [0.1, 0.15) is 0 Å². The number of ether oxygens (including phenoxy) is 1. The minimum Gasteiger partial charge on any atom is -0.462 e. The summed E-state index contributed by atoms with van der Waals surface area (Å²) in [6, 6.07) is 7.33. The molecule has 1 aromatic rings. The second kappa shape index (κ2) is 3.90. The molecule has 0 spiro atoms. The van der Waals surface area contributed by atoms with Crippen LogP contribution in [0, 0.1) is 6.92 Å². The quantitative estimate of drug-likeness (QED) is 0.661. The van der Waals surface area contributed by atoms with Crippen LogP contribution in [-0.4, -0.2) is 12.6 Å². The Morgan fingerprint density at radius 1 is 1.50 bits per heavy atom. The fourth-order valence-electron chi connectivity index (χ4n) is 0.904. The molecule has 0 aromatic heterocycles. The molecule has 12 heavy (non-hydrogen) atoms. The van der Waals surface area contributed by atoms with Gasteiger partial charge in [0.25, 0.3) is 0 Å². The summed E-state index contributed by atoms with van der Waals surface area (Å²) in [4.78, 5) is 11.1. The van der Waals surface area contributed by atoms with Crippen molar-refractivity contribution in [2.75, 3.05) is 6.61 Å². The standard InChI is InChI=1S/C10H12O2.6H2/c1-3-12-10(11)9-6-4-8(2)5-7-9;;;;;;/h4-7H,3H2,1-2H3;6*1H/i;5*1+1D;1+1. The highest BCUT2D eigenvalue weighted by Crippen LogP contribution is 2.04. The molecule has 76 valence electrons. The normalized spacial score (nSPS) is 12.8. The molecule has 0 aliphatic rings. The van der Waals surface area contributed by atoms with E-state index in [1.165, 1.54) is 0 Å². The Balaban J connectivity index is -0.0000000565. The molecule has 2 nitrogen and oxygen atoms in total. The van der Waals surface area contributed by atoms with Crippen molar-refractivity contribution in [3.05, 3.63) is 35.4 Å². The molecule has 1 aromatic carbocycles. The van der Waals surface area contributed by atoms with Crippen LogP contribution < -0.4 is 0 Å². The van der Waals surface area contributed by atoms with E-state index >= 15 is 0 Å². The van der Waals surface area contributed by atoms with E-state index < -0.39 is 0 Å². The van der Waals surface area contributed by atoms with E-state index in [1.54, 1.807) is 19.1 Å². The zero-order chi connectivity index (χ0) is 19.0. The fourth-order valence-corrected chi connectivity index (χ4v) is 0.904. The summed E-state index contributed by atoms with van der Waals surface area (Å²) in [6.45, 7) is 4.20. The van der Waals surface area contributed by atoms with Gasteiger partial charge in [0.2, 0.25) is 0 Å². The molecule has 0 unspecified atom stereocenters. The number of hydrogen-bond donors (Lipinski definition) is 0. The van der Waals surface area contributed by atoms with Gasteiger partial charge in [0.05, 0.1) is 12.2 Å². The van der Waals surface area contributed by atoms with Crippen LogP contribution in [0.15, 0.2) is 24.3 Å². The first kappa shape index (κ1) is 4.08. The van der Waals surface area contributed by atoms with E-state index in [0.717, 1.165) is 5.56 Å². The van der Waals surface area contributed by atoms with Gasteiger partial charge in [-0.25, -0.2) is 4.79 Å². The van der Waals surface area contributed by atoms with Crippen molar-refractivity contribution in [1.82, 2.24) is 0 Å². The van der Waals surface area contributed by atoms with Crippen LogP contribution in [0.4, 0.5) is 0 Å². The number of carbonyl (C=O) groups is 1. The van der Waals surface area contributed by atoms with E-state index in [-0.39, 0.29) is 7.40 Å².